The Morgan fingerprint density at radius 2 is 1.98 bits per heavy atom. The second-order valence-corrected chi connectivity index (χ2v) is 10.9. The van der Waals surface area contributed by atoms with Crippen LogP contribution in [0, 0.1) is 0 Å². The third kappa shape index (κ3) is 5.63. The Bertz CT molecular complexity index is 1510. The summed E-state index contributed by atoms with van der Waals surface area (Å²) in [4.78, 5) is 2.19. The van der Waals surface area contributed by atoms with Crippen LogP contribution >= 0.6 is 0 Å². The lowest BCUT2D eigenvalue weighted by atomic mass is 10.0. The molecule has 1 aliphatic rings. The summed E-state index contributed by atoms with van der Waals surface area (Å²) >= 11 is 0. The van der Waals surface area contributed by atoms with Crippen molar-refractivity contribution in [2.45, 2.75) is 65.7 Å². The van der Waals surface area contributed by atoms with Crippen molar-refractivity contribution >= 4 is 23.1 Å². The number of aliphatic hydroxyl groups excluding tert-OH is 1. The summed E-state index contributed by atoms with van der Waals surface area (Å²) in [6.45, 7) is 9.73. The molecule has 0 saturated heterocycles. The average molecular weight is 550 g/mol. The third-order valence-electron chi connectivity index (χ3n) is 6.79. The largest absolute Gasteiger partial charge is 0.473 e. The van der Waals surface area contributed by atoms with Crippen molar-refractivity contribution in [1.82, 2.24) is 34.7 Å². The van der Waals surface area contributed by atoms with Crippen LogP contribution in [0.15, 0.2) is 18.2 Å². The predicted molar refractivity (Wildman–Crippen MR) is 154 cm³/mol. The van der Waals surface area contributed by atoms with Gasteiger partial charge in [0.05, 0.1) is 59.1 Å². The van der Waals surface area contributed by atoms with Gasteiger partial charge in [-0.25, -0.2) is 4.68 Å². The first-order chi connectivity index (χ1) is 19.1. The maximum absolute atomic E-state index is 10.2. The van der Waals surface area contributed by atoms with E-state index in [4.69, 9.17) is 24.4 Å². The lowest BCUT2D eigenvalue weighted by molar-refractivity contribution is 0.142. The molecule has 2 N–H and O–H groups in total. The van der Waals surface area contributed by atoms with E-state index in [0.29, 0.717) is 38.0 Å². The monoisotopic (exact) mass is 549 g/mol. The summed E-state index contributed by atoms with van der Waals surface area (Å²) in [5, 5.41) is 28.4. The van der Waals surface area contributed by atoms with Crippen LogP contribution in [0.25, 0.3) is 34.2 Å². The van der Waals surface area contributed by atoms with E-state index in [0.717, 1.165) is 44.7 Å². The number of aryl methyl sites for hydroxylation is 1. The first-order valence-electron chi connectivity index (χ1n) is 13.7. The second kappa shape index (κ2) is 11.4. The van der Waals surface area contributed by atoms with Crippen LogP contribution in [-0.4, -0.2) is 78.8 Å². The highest BCUT2D eigenvalue weighted by molar-refractivity contribution is 5.93. The van der Waals surface area contributed by atoms with Gasteiger partial charge < -0.3 is 19.3 Å². The van der Waals surface area contributed by atoms with E-state index >= 15 is 0 Å². The maximum atomic E-state index is 10.2. The molecule has 0 aliphatic carbocycles. The molecular formula is C29H39N7O4. The van der Waals surface area contributed by atoms with Gasteiger partial charge in [-0.15, -0.1) is 5.10 Å². The number of H-pyrrole nitrogens is 1. The van der Waals surface area contributed by atoms with Gasteiger partial charge in [0.2, 0.25) is 11.8 Å². The van der Waals surface area contributed by atoms with Gasteiger partial charge in [0.15, 0.2) is 0 Å². The Balaban J connectivity index is 1.71. The Hall–Kier alpha value is -3.67. The van der Waals surface area contributed by atoms with E-state index in [1.807, 2.05) is 49.9 Å². The zero-order valence-corrected chi connectivity index (χ0v) is 24.3. The van der Waals surface area contributed by atoms with Crippen molar-refractivity contribution in [3.63, 3.8) is 0 Å². The van der Waals surface area contributed by atoms with Crippen molar-refractivity contribution in [2.24, 2.45) is 7.05 Å². The molecule has 0 saturated carbocycles. The first kappa shape index (κ1) is 27.9. The number of likely N-dealkylation sites (N-methyl/N-ethyl adjacent to an activating group) is 1. The number of nitrogens with one attached hydrogen (secondary N) is 1. The van der Waals surface area contributed by atoms with Gasteiger partial charge in [0, 0.05) is 32.6 Å². The zero-order valence-electron chi connectivity index (χ0n) is 24.3. The molecule has 2 bridgehead atoms. The van der Waals surface area contributed by atoms with Crippen LogP contribution in [0.3, 0.4) is 0 Å². The molecular weight excluding hydrogens is 510 g/mol. The third-order valence-corrected chi connectivity index (χ3v) is 6.79. The van der Waals surface area contributed by atoms with Gasteiger partial charge in [-0.1, -0.05) is 6.07 Å². The number of nitrogens with zero attached hydrogens (tertiary/aromatic N) is 6. The predicted octanol–water partition coefficient (Wildman–Crippen LogP) is 3.86. The van der Waals surface area contributed by atoms with E-state index in [1.165, 1.54) is 0 Å². The fraction of sp³-hybridized carbons (Fsp3) is 0.483. The lowest BCUT2D eigenvalue weighted by Gasteiger charge is -2.23. The van der Waals surface area contributed by atoms with E-state index in [9.17, 15) is 5.11 Å². The van der Waals surface area contributed by atoms with Crippen LogP contribution in [0.5, 0.6) is 11.8 Å². The summed E-state index contributed by atoms with van der Waals surface area (Å²) in [6.07, 6.45) is 3.27. The maximum Gasteiger partial charge on any atom is 0.240 e. The molecule has 4 heterocycles. The number of hydrogen-bond donors (Lipinski definition) is 2. The summed E-state index contributed by atoms with van der Waals surface area (Å²) in [6, 6.07) is 6.16. The standard InChI is InChI=1S/C29H39N7O4/c1-17(2)39-28-21-9-11-24-22-12-20(8-10-23(22)30-31-24)27-25(16-38-7)32-35(6)29(27)40-19(4)14-34(5)15-26(21)36(33-28)13-18(3)37/h8-12,17-19,37H,13-16H2,1-7H3,(H,30,31)/b11-9+/t18-,19-/m0/s1. The number of ether oxygens (including phenoxy) is 3. The number of hydrogen-bond acceptors (Lipinski definition) is 8. The molecule has 40 heavy (non-hydrogen) atoms. The quantitative estimate of drug-likeness (QED) is 0.373. The molecule has 2 atom stereocenters. The fourth-order valence-corrected chi connectivity index (χ4v) is 5.22. The van der Waals surface area contributed by atoms with Crippen molar-refractivity contribution in [1.29, 1.82) is 0 Å². The Labute approximate surface area is 234 Å². The summed E-state index contributed by atoms with van der Waals surface area (Å²) in [7, 11) is 5.61. The van der Waals surface area contributed by atoms with E-state index in [1.54, 1.807) is 18.7 Å². The number of benzene rings is 1. The lowest BCUT2D eigenvalue weighted by Crippen LogP contribution is -2.32. The average Bonchev–Trinajstić information content (AvgIpc) is 3.50. The Morgan fingerprint density at radius 1 is 1.18 bits per heavy atom. The van der Waals surface area contributed by atoms with Crippen LogP contribution in [-0.2, 0) is 31.5 Å². The number of methoxy groups -OCH3 is 1. The van der Waals surface area contributed by atoms with Crippen molar-refractivity contribution in [3.8, 4) is 22.9 Å². The molecule has 1 aliphatic heterocycles. The second-order valence-electron chi connectivity index (χ2n) is 10.9. The van der Waals surface area contributed by atoms with Gasteiger partial charge in [-0.2, -0.15) is 10.2 Å². The van der Waals surface area contributed by atoms with Gasteiger partial charge >= 0.3 is 0 Å². The molecule has 0 radical (unpaired) electrons. The first-order valence-corrected chi connectivity index (χ1v) is 13.7. The summed E-state index contributed by atoms with van der Waals surface area (Å²) < 4.78 is 21.8. The fourth-order valence-electron chi connectivity index (χ4n) is 5.22. The minimum Gasteiger partial charge on any atom is -0.473 e. The van der Waals surface area contributed by atoms with Crippen LogP contribution in [0.2, 0.25) is 0 Å². The van der Waals surface area contributed by atoms with E-state index in [-0.39, 0.29) is 12.2 Å². The molecule has 0 spiro atoms. The number of rotatable bonds is 6. The molecule has 1 aromatic carbocycles. The molecule has 4 aromatic rings. The molecule has 0 amide bonds. The van der Waals surface area contributed by atoms with Crippen LogP contribution < -0.4 is 9.47 Å². The summed E-state index contributed by atoms with van der Waals surface area (Å²) in [5.74, 6) is 1.23. The van der Waals surface area contributed by atoms with E-state index in [2.05, 4.69) is 35.1 Å². The molecule has 11 nitrogen and oxygen atoms in total. The summed E-state index contributed by atoms with van der Waals surface area (Å²) in [5.41, 5.74) is 6.23. The van der Waals surface area contributed by atoms with Crippen LogP contribution in [0.1, 0.15) is 50.3 Å². The highest BCUT2D eigenvalue weighted by Gasteiger charge is 2.25. The van der Waals surface area contributed by atoms with E-state index < -0.39 is 6.10 Å². The minimum atomic E-state index is -0.566. The molecule has 3 aromatic heterocycles. The van der Waals surface area contributed by atoms with Crippen molar-refractivity contribution in [2.75, 3.05) is 20.7 Å². The zero-order chi connectivity index (χ0) is 28.6. The van der Waals surface area contributed by atoms with Gasteiger partial charge in [-0.05, 0) is 64.6 Å². The minimum absolute atomic E-state index is 0.0564. The van der Waals surface area contributed by atoms with Gasteiger partial charge in [-0.3, -0.25) is 14.7 Å². The normalized spacial score (nSPS) is 17.8. The van der Waals surface area contributed by atoms with Gasteiger partial charge in [0.25, 0.3) is 0 Å². The van der Waals surface area contributed by atoms with Gasteiger partial charge in [0.1, 0.15) is 6.10 Å². The molecule has 5 rings (SSSR count). The van der Waals surface area contributed by atoms with Crippen molar-refractivity contribution < 1.29 is 19.3 Å². The highest BCUT2D eigenvalue weighted by Crippen LogP contribution is 2.37. The smallest absolute Gasteiger partial charge is 0.240 e. The molecule has 0 fully saturated rings. The number of fused-ring (bicyclic) bond motifs is 4. The van der Waals surface area contributed by atoms with Crippen molar-refractivity contribution in [3.05, 3.63) is 40.8 Å². The topological polar surface area (TPSA) is 115 Å². The Morgan fingerprint density at radius 3 is 2.70 bits per heavy atom. The number of aromatic amines is 1. The van der Waals surface area contributed by atoms with Crippen LogP contribution in [0.4, 0.5) is 0 Å². The molecule has 214 valence electrons. The highest BCUT2D eigenvalue weighted by atomic mass is 16.5. The molecule has 0 unspecified atom stereocenters. The molecule has 11 heteroatoms. The Kier molecular flexibility index (Phi) is 7.97. The SMILES string of the molecule is COCc1nn(C)c2c1-c1ccc3n[nH]c(c3c1)/C=C/c1c(OC(C)C)nn(C[C@H](C)O)c1CN(C)C[C@H](C)O2. The number of aliphatic hydroxyl groups is 1. The number of aromatic nitrogens is 6.